The highest BCUT2D eigenvalue weighted by atomic mass is 32.1. The molecule has 1 aliphatic carbocycles. The number of primary amides is 1. The first-order valence-corrected chi connectivity index (χ1v) is 11.5. The maximum Gasteiger partial charge on any atom is 0.258 e. The van der Waals surface area contributed by atoms with E-state index in [1.807, 2.05) is 55.5 Å². The van der Waals surface area contributed by atoms with Crippen molar-refractivity contribution in [2.24, 2.45) is 16.6 Å². The monoisotopic (exact) mass is 480 g/mol. The number of nitrogens with two attached hydrogens (primary N) is 2. The molecule has 34 heavy (non-hydrogen) atoms. The van der Waals surface area contributed by atoms with Crippen molar-refractivity contribution in [3.63, 3.8) is 0 Å². The number of carbonyl (C=O) groups is 1. The Balaban J connectivity index is 0.000000212. The number of rotatable bonds is 3. The Hall–Kier alpha value is -3.69. The first-order valence-electron chi connectivity index (χ1n) is 10.7. The second-order valence-corrected chi connectivity index (χ2v) is 8.13. The molecule has 3 aromatic rings. The van der Waals surface area contributed by atoms with Crippen LogP contribution in [-0.4, -0.2) is 44.0 Å². The number of nitrogens with zero attached hydrogens (tertiary/aromatic N) is 2. The molecule has 0 saturated carbocycles. The summed E-state index contributed by atoms with van der Waals surface area (Å²) in [5.41, 5.74) is 11.8. The van der Waals surface area contributed by atoms with Gasteiger partial charge in [-0.05, 0) is 37.7 Å². The van der Waals surface area contributed by atoms with Crippen LogP contribution in [0.5, 0.6) is 0 Å². The van der Waals surface area contributed by atoms with E-state index in [2.05, 4.69) is 20.7 Å². The van der Waals surface area contributed by atoms with Crippen molar-refractivity contribution in [1.82, 2.24) is 4.98 Å². The minimum atomic E-state index is -0.421. The van der Waals surface area contributed by atoms with Crippen LogP contribution < -0.4 is 22.0 Å². The summed E-state index contributed by atoms with van der Waals surface area (Å²) in [4.78, 5) is 21.9. The largest absolute Gasteiger partial charge is 0.490 e. The topological polar surface area (TPSA) is 122 Å². The summed E-state index contributed by atoms with van der Waals surface area (Å²) in [7, 11) is 3.05. The Morgan fingerprint density at radius 2 is 1.88 bits per heavy atom. The second kappa shape index (κ2) is 12.0. The quantitative estimate of drug-likeness (QED) is 0.438. The predicted octanol–water partition coefficient (Wildman–Crippen LogP) is 2.25. The smallest absolute Gasteiger partial charge is 0.258 e. The normalized spacial score (nSPS) is 14.2. The zero-order valence-corrected chi connectivity index (χ0v) is 20.2. The summed E-state index contributed by atoms with van der Waals surface area (Å²) in [6.45, 7) is 3.06. The van der Waals surface area contributed by atoms with E-state index in [-0.39, 0.29) is 0 Å². The molecule has 4 N–H and O–H groups in total. The summed E-state index contributed by atoms with van der Waals surface area (Å²) < 4.78 is 11.3. The van der Waals surface area contributed by atoms with Crippen molar-refractivity contribution < 1.29 is 19.1 Å². The van der Waals surface area contributed by atoms with Gasteiger partial charge in [0.15, 0.2) is 5.76 Å². The molecule has 8 nitrogen and oxygen atoms in total. The molecule has 0 radical (unpaired) electrons. The molecule has 1 aromatic carbocycles. The lowest BCUT2D eigenvalue weighted by Gasteiger charge is -2.18. The molecule has 0 spiro atoms. The zero-order chi connectivity index (χ0) is 24.5. The van der Waals surface area contributed by atoms with Gasteiger partial charge in [0.2, 0.25) is 0 Å². The third-order valence-corrected chi connectivity index (χ3v) is 5.95. The van der Waals surface area contributed by atoms with Gasteiger partial charge in [-0.25, -0.2) is 4.98 Å². The summed E-state index contributed by atoms with van der Waals surface area (Å²) >= 11 is 1.31. The molecule has 9 heteroatoms. The number of hydrogen-bond acceptors (Lipinski definition) is 8. The van der Waals surface area contributed by atoms with Crippen LogP contribution >= 0.6 is 11.3 Å². The average Bonchev–Trinajstić information content (AvgIpc) is 3.20. The van der Waals surface area contributed by atoms with Crippen LogP contribution in [0.2, 0.25) is 0 Å². The van der Waals surface area contributed by atoms with E-state index in [1.165, 1.54) is 18.4 Å². The van der Waals surface area contributed by atoms with Crippen LogP contribution in [0.15, 0.2) is 59.1 Å². The first kappa shape index (κ1) is 24.9. The molecule has 1 aliphatic heterocycles. The van der Waals surface area contributed by atoms with Crippen molar-refractivity contribution in [2.45, 2.75) is 13.3 Å². The van der Waals surface area contributed by atoms with Crippen molar-refractivity contribution in [2.75, 3.05) is 27.4 Å². The van der Waals surface area contributed by atoms with Gasteiger partial charge in [-0.3, -0.25) is 4.79 Å². The third kappa shape index (κ3) is 6.00. The highest BCUT2D eigenvalue weighted by molar-refractivity contribution is 7.20. The molecule has 0 fully saturated rings. The van der Waals surface area contributed by atoms with E-state index in [9.17, 15) is 4.79 Å². The van der Waals surface area contributed by atoms with Crippen molar-refractivity contribution >= 4 is 45.3 Å². The Kier molecular flexibility index (Phi) is 8.78. The Labute approximate surface area is 201 Å². The van der Waals surface area contributed by atoms with Crippen LogP contribution in [0.1, 0.15) is 28.6 Å². The van der Waals surface area contributed by atoms with Gasteiger partial charge in [0.25, 0.3) is 5.91 Å². The van der Waals surface area contributed by atoms with Gasteiger partial charge in [0, 0.05) is 17.0 Å². The van der Waals surface area contributed by atoms with Gasteiger partial charge in [0.1, 0.15) is 30.9 Å². The van der Waals surface area contributed by atoms with E-state index < -0.39 is 5.91 Å². The average molecular weight is 481 g/mol. The van der Waals surface area contributed by atoms with Gasteiger partial charge in [-0.1, -0.05) is 41.6 Å². The molecule has 2 aromatic heterocycles. The number of pyridine rings is 1. The van der Waals surface area contributed by atoms with E-state index in [0.29, 0.717) is 24.5 Å². The zero-order valence-electron chi connectivity index (χ0n) is 19.4. The standard InChI is InChI=1S/C15H12N2O3S.C9H11NO.CH5N/c16-14(18)13-7-9-5-8-6-12-11(19-3-4-20-12)2-1-10(8)17-15(9)21-13;1-8(10-11-2)9-6-4-3-5-7-9;1-2/h1,5-7H,2-4H2,(H2,16,18);3-7H,1-2H3;2H2,1H3/b;10-8+;. The fourth-order valence-corrected chi connectivity index (χ4v) is 4.23. The number of ether oxygens (including phenoxy) is 2. The fraction of sp³-hybridized carbons (Fsp3) is 0.240. The van der Waals surface area contributed by atoms with Gasteiger partial charge < -0.3 is 25.8 Å². The van der Waals surface area contributed by atoms with Crippen LogP contribution in [0.4, 0.5) is 0 Å². The lowest BCUT2D eigenvalue weighted by molar-refractivity contribution is 0.0712. The highest BCUT2D eigenvalue weighted by Gasteiger charge is 2.15. The molecule has 0 atom stereocenters. The first-order chi connectivity index (χ1) is 16.5. The van der Waals surface area contributed by atoms with Crippen molar-refractivity contribution in [1.29, 1.82) is 0 Å². The minimum Gasteiger partial charge on any atom is -0.490 e. The number of allylic oxidation sites excluding steroid dienone is 2. The van der Waals surface area contributed by atoms with Crippen molar-refractivity contribution in [3.05, 3.63) is 75.0 Å². The number of benzene rings is 1. The number of thiophene rings is 1. The molecule has 0 unspecified atom stereocenters. The Bertz CT molecular complexity index is 1330. The lowest BCUT2D eigenvalue weighted by Crippen LogP contribution is -2.27. The lowest BCUT2D eigenvalue weighted by atomic mass is 10.1. The third-order valence-electron chi connectivity index (χ3n) is 4.89. The van der Waals surface area contributed by atoms with E-state index >= 15 is 0 Å². The van der Waals surface area contributed by atoms with Crippen LogP contribution in [-0.2, 0) is 14.3 Å². The molecule has 0 saturated heterocycles. The van der Waals surface area contributed by atoms with Gasteiger partial charge in [0.05, 0.1) is 15.9 Å². The van der Waals surface area contributed by atoms with E-state index in [0.717, 1.165) is 43.6 Å². The highest BCUT2D eigenvalue weighted by Crippen LogP contribution is 2.23. The summed E-state index contributed by atoms with van der Waals surface area (Å²) in [6, 6.07) is 13.7. The maximum absolute atomic E-state index is 11.3. The molecule has 1 amide bonds. The fourth-order valence-electron chi connectivity index (χ4n) is 3.35. The number of amides is 1. The SMILES string of the molecule is CN.CO/N=C(\C)c1ccccc1.NC(=O)c1cc2cc3c(nc2s1)=CCC1=C(C=3)OCCO1. The second-order valence-electron chi connectivity index (χ2n) is 7.09. The number of aromatic nitrogens is 1. The Morgan fingerprint density at radius 3 is 2.59 bits per heavy atom. The van der Waals surface area contributed by atoms with Crippen LogP contribution in [0, 0.1) is 0 Å². The van der Waals surface area contributed by atoms with Gasteiger partial charge in [-0.15, -0.1) is 11.3 Å². The number of hydrogen-bond donors (Lipinski definition) is 2. The molecule has 0 bridgehead atoms. The van der Waals surface area contributed by atoms with Gasteiger partial charge >= 0.3 is 0 Å². The molecular formula is C25H28N4O4S. The summed E-state index contributed by atoms with van der Waals surface area (Å²) in [6.07, 6.45) is 4.62. The van der Waals surface area contributed by atoms with Crippen molar-refractivity contribution in [3.8, 4) is 0 Å². The predicted molar refractivity (Wildman–Crippen MR) is 136 cm³/mol. The Morgan fingerprint density at radius 1 is 1.15 bits per heavy atom. The minimum absolute atomic E-state index is 0.421. The maximum atomic E-state index is 11.3. The number of fused-ring (bicyclic) bond motifs is 2. The number of carbonyl (C=O) groups excluding carboxylic acids is 1. The van der Waals surface area contributed by atoms with E-state index in [4.69, 9.17) is 15.2 Å². The van der Waals surface area contributed by atoms with E-state index in [1.54, 1.807) is 13.2 Å². The van der Waals surface area contributed by atoms with Crippen LogP contribution in [0.3, 0.4) is 0 Å². The molecule has 5 rings (SSSR count). The molecular weight excluding hydrogens is 452 g/mol. The van der Waals surface area contributed by atoms with Crippen LogP contribution in [0.25, 0.3) is 22.4 Å². The molecule has 3 heterocycles. The summed E-state index contributed by atoms with van der Waals surface area (Å²) in [5.74, 6) is 1.19. The molecule has 178 valence electrons. The number of oxime groups is 1. The van der Waals surface area contributed by atoms with Gasteiger partial charge in [-0.2, -0.15) is 0 Å². The summed E-state index contributed by atoms with van der Waals surface area (Å²) in [5, 5.41) is 6.57. The molecule has 2 aliphatic rings.